The minimum absolute atomic E-state index is 0. The Hall–Kier alpha value is -2.81. The van der Waals surface area contributed by atoms with Gasteiger partial charge < -0.3 is 14.9 Å². The zero-order valence-electron chi connectivity index (χ0n) is 28.8. The van der Waals surface area contributed by atoms with Crippen LogP contribution >= 0.6 is 0 Å². The maximum absolute atomic E-state index is 2.64. The van der Waals surface area contributed by atoms with Gasteiger partial charge in [0.05, 0.1) is 8.07 Å². The molecule has 0 nitrogen and oxygen atoms in total. The first-order valence-electron chi connectivity index (χ1n) is 15.8. The van der Waals surface area contributed by atoms with Crippen LogP contribution in [0.5, 0.6) is 0 Å². The van der Waals surface area contributed by atoms with Gasteiger partial charge in [-0.15, -0.1) is 68.3 Å². The van der Waals surface area contributed by atoms with E-state index in [-0.39, 0.29) is 40.7 Å². The van der Waals surface area contributed by atoms with E-state index in [0.717, 1.165) is 0 Å². The molecule has 0 N–H and O–H groups in total. The van der Waals surface area contributed by atoms with Gasteiger partial charge in [0.25, 0.3) is 0 Å². The summed E-state index contributed by atoms with van der Waals surface area (Å²) in [5.41, 5.74) is 10.9. The molecule has 0 amide bonds. The Morgan fingerprint density at radius 2 is 0.956 bits per heavy atom. The molecule has 6 aromatic carbocycles. The van der Waals surface area contributed by atoms with Crippen LogP contribution in [0.1, 0.15) is 54.9 Å². The Kier molecular flexibility index (Phi) is 12.4. The smallest absolute Gasteiger partial charge is 0.358 e. The summed E-state index contributed by atoms with van der Waals surface area (Å²) in [5, 5.41) is 8.73. The number of fused-ring (bicyclic) bond motifs is 2. The van der Waals surface area contributed by atoms with E-state index in [1.54, 1.807) is 10.4 Å². The summed E-state index contributed by atoms with van der Waals surface area (Å²) in [4.78, 5) is 0. The van der Waals surface area contributed by atoms with Gasteiger partial charge in [-0.05, 0) is 61.1 Å². The van der Waals surface area contributed by atoms with Crippen LogP contribution in [0.25, 0.3) is 43.8 Å². The molecule has 0 spiro atoms. The molecular weight excluding hydrogens is 723 g/mol. The van der Waals surface area contributed by atoms with E-state index in [2.05, 4.69) is 138 Å². The monoisotopic (exact) mass is 774 g/mol. The molecule has 230 valence electrons. The normalized spacial score (nSPS) is 11.2. The van der Waals surface area contributed by atoms with Crippen molar-refractivity contribution in [2.24, 2.45) is 0 Å². The van der Waals surface area contributed by atoms with Crippen LogP contribution in [0.15, 0.2) is 97.1 Å². The van der Waals surface area contributed by atoms with Crippen LogP contribution in [0, 0.1) is 42.5 Å². The molecule has 2 heteroatoms. The van der Waals surface area contributed by atoms with Gasteiger partial charge in [-0.25, -0.2) is 0 Å². The Balaban J connectivity index is 0.00000184. The molecule has 0 aliphatic heterocycles. The van der Waals surface area contributed by atoms with Gasteiger partial charge in [0.2, 0.25) is 0 Å². The van der Waals surface area contributed by atoms with E-state index in [9.17, 15) is 0 Å². The minimum atomic E-state index is -2.02. The molecule has 0 unspecified atom stereocenters. The fraction of sp³-hybridized carbons (Fsp3) is 0.256. The Morgan fingerprint density at radius 3 is 1.36 bits per heavy atom. The third-order valence-corrected chi connectivity index (χ3v) is 14.3. The number of hydrogen-bond donors (Lipinski definition) is 0. The van der Waals surface area contributed by atoms with E-state index in [4.69, 9.17) is 0 Å². The molecule has 0 aromatic heterocycles. The predicted molar refractivity (Wildman–Crippen MR) is 202 cm³/mol. The second kappa shape index (κ2) is 15.2. The fourth-order valence-corrected chi connectivity index (χ4v) is 11.1. The van der Waals surface area contributed by atoms with Crippen LogP contribution < -0.4 is 10.4 Å². The van der Waals surface area contributed by atoms with Crippen molar-refractivity contribution in [2.45, 2.75) is 72.9 Å². The van der Waals surface area contributed by atoms with Gasteiger partial charge in [-0.2, -0.15) is 12.1 Å². The van der Waals surface area contributed by atoms with Crippen LogP contribution in [-0.4, -0.2) is 8.07 Å². The van der Waals surface area contributed by atoms with E-state index in [1.165, 1.54) is 97.8 Å². The van der Waals surface area contributed by atoms with Gasteiger partial charge in [0.1, 0.15) is 0 Å². The van der Waals surface area contributed by atoms with Crippen molar-refractivity contribution in [1.82, 2.24) is 0 Å². The third kappa shape index (κ3) is 6.84. The van der Waals surface area contributed by atoms with Gasteiger partial charge in [0.15, 0.2) is 0 Å². The van der Waals surface area contributed by atoms with Crippen molar-refractivity contribution in [2.75, 3.05) is 0 Å². The second-order valence-corrected chi connectivity index (χ2v) is 17.1. The maximum Gasteiger partial charge on any atom is 4.00 e. The molecule has 0 aliphatic carbocycles. The molecule has 0 saturated heterocycles. The van der Waals surface area contributed by atoms with Crippen LogP contribution in [0.2, 0.25) is 12.6 Å². The quantitative estimate of drug-likeness (QED) is 0.0780. The zero-order valence-corrected chi connectivity index (χ0v) is 33.4. The van der Waals surface area contributed by atoms with Gasteiger partial charge in [0, 0.05) is 0 Å². The van der Waals surface area contributed by atoms with Gasteiger partial charge >= 0.3 is 25.8 Å². The van der Waals surface area contributed by atoms with E-state index in [0.29, 0.717) is 0 Å². The Bertz CT molecular complexity index is 1710. The van der Waals surface area contributed by atoms with E-state index >= 15 is 0 Å². The summed E-state index contributed by atoms with van der Waals surface area (Å²) >= 11 is 0. The Labute approximate surface area is 293 Å². The Morgan fingerprint density at radius 1 is 0.556 bits per heavy atom. The van der Waals surface area contributed by atoms with E-state index < -0.39 is 8.07 Å². The number of benzene rings is 4. The molecule has 0 saturated carbocycles. The average Bonchev–Trinajstić information content (AvgIpc) is 3.62. The fourth-order valence-electron chi connectivity index (χ4n) is 7.38. The van der Waals surface area contributed by atoms with Crippen molar-refractivity contribution in [3.63, 3.8) is 0 Å². The van der Waals surface area contributed by atoms with Crippen molar-refractivity contribution in [3.8, 4) is 22.3 Å². The summed E-state index contributed by atoms with van der Waals surface area (Å²) in [7, 11) is -2.02. The SMILES string of the molecule is CCCCCC[Si](C)(c1cc2c(-c3c(C)cccc3C)cccc2[cH-]1)c1cc2c(-c3c(C)cccc3C)cccc2[cH-]1.[CH3-].[CH3-].[Hf+4]. The topological polar surface area (TPSA) is 0 Å². The van der Waals surface area contributed by atoms with Crippen molar-refractivity contribution in [1.29, 1.82) is 0 Å². The molecule has 0 radical (unpaired) electrons. The number of aryl methyl sites for hydroxylation is 4. The van der Waals surface area contributed by atoms with Crippen molar-refractivity contribution >= 4 is 40.0 Å². The van der Waals surface area contributed by atoms with Crippen molar-refractivity contribution in [3.05, 3.63) is 134 Å². The molecule has 0 bridgehead atoms. The molecule has 0 heterocycles. The molecule has 0 atom stereocenters. The average molecular weight is 773 g/mol. The summed E-state index contributed by atoms with van der Waals surface area (Å²) in [6.07, 6.45) is 5.22. The molecular formula is C43H50HfSi. The predicted octanol–water partition coefficient (Wildman–Crippen LogP) is 11.7. The summed E-state index contributed by atoms with van der Waals surface area (Å²) in [6, 6.07) is 38.7. The number of hydrogen-bond acceptors (Lipinski definition) is 0. The molecule has 0 fully saturated rings. The minimum Gasteiger partial charge on any atom is -0.358 e. The standard InChI is InChI=1S/C41H44Si.2CH3.Hf/c1-7-8-9-10-23-42(6,34-24-32-19-13-21-36(38(32)26-34)40-28(2)15-11-16-29(40)3)35-25-33-20-14-22-37(39(33)27-35)41-30(4)17-12-18-31(41)5;;;/h11-22,24-27H,7-10,23H2,1-6H3;2*1H3;/q-2;2*-1;+4. The number of rotatable bonds is 9. The van der Waals surface area contributed by atoms with Gasteiger partial charge in [-0.3, -0.25) is 0 Å². The summed E-state index contributed by atoms with van der Waals surface area (Å²) < 4.78 is 0. The first-order chi connectivity index (χ1) is 20.3. The van der Waals surface area contributed by atoms with Crippen LogP contribution in [0.4, 0.5) is 0 Å². The molecule has 45 heavy (non-hydrogen) atoms. The first kappa shape index (κ1) is 36.7. The molecule has 6 rings (SSSR count). The summed E-state index contributed by atoms with van der Waals surface area (Å²) in [5.74, 6) is 0. The van der Waals surface area contributed by atoms with E-state index in [1.807, 2.05) is 0 Å². The zero-order chi connectivity index (χ0) is 29.4. The largest absolute Gasteiger partial charge is 4.00 e. The molecule has 6 aromatic rings. The second-order valence-electron chi connectivity index (χ2n) is 12.8. The number of unbranched alkanes of at least 4 members (excludes halogenated alkanes) is 3. The first-order valence-corrected chi connectivity index (χ1v) is 18.6. The van der Waals surface area contributed by atoms with Gasteiger partial charge in [-0.1, -0.05) is 105 Å². The van der Waals surface area contributed by atoms with Crippen molar-refractivity contribution < 1.29 is 25.8 Å². The van der Waals surface area contributed by atoms with Crippen LogP contribution in [0.3, 0.4) is 0 Å². The van der Waals surface area contributed by atoms with Crippen LogP contribution in [-0.2, 0) is 25.8 Å². The summed E-state index contributed by atoms with van der Waals surface area (Å²) in [6.45, 7) is 14.0. The third-order valence-electron chi connectivity index (χ3n) is 9.81. The maximum atomic E-state index is 2.64. The molecule has 0 aliphatic rings.